The first-order valence-electron chi connectivity index (χ1n) is 8.87. The molecule has 144 valence electrons. The molecule has 1 aliphatic heterocycles. The lowest BCUT2D eigenvalue weighted by molar-refractivity contribution is -0.113. The van der Waals surface area contributed by atoms with E-state index < -0.39 is 0 Å². The van der Waals surface area contributed by atoms with Gasteiger partial charge in [0.2, 0.25) is 5.91 Å². The molecule has 0 unspecified atom stereocenters. The second-order valence-electron chi connectivity index (χ2n) is 6.58. The minimum absolute atomic E-state index is 0.0319. The Balaban J connectivity index is 1.46. The van der Waals surface area contributed by atoms with Gasteiger partial charge in [0.15, 0.2) is 0 Å². The Morgan fingerprint density at radius 1 is 1.04 bits per heavy atom. The molecule has 4 nitrogen and oxygen atoms in total. The lowest BCUT2D eigenvalue weighted by Gasteiger charge is -2.34. The number of rotatable bonds is 6. The molecule has 0 atom stereocenters. The number of hydrogen-bond acceptors (Lipinski definition) is 4. The number of nitrogens with one attached hydrogen (secondary N) is 1. The summed E-state index contributed by atoms with van der Waals surface area (Å²) in [5, 5.41) is 4.21. The van der Waals surface area contributed by atoms with Crippen molar-refractivity contribution in [3.8, 4) is 0 Å². The van der Waals surface area contributed by atoms with Crippen LogP contribution in [0.15, 0.2) is 42.5 Å². The Bertz CT molecular complexity index is 757. The molecule has 0 bridgehead atoms. The van der Waals surface area contributed by atoms with E-state index in [0.717, 1.165) is 37.4 Å². The van der Waals surface area contributed by atoms with E-state index in [-0.39, 0.29) is 5.91 Å². The Kier molecular flexibility index (Phi) is 7.30. The second kappa shape index (κ2) is 9.69. The number of amides is 1. The maximum Gasteiger partial charge on any atom is 0.234 e. The fourth-order valence-electron chi connectivity index (χ4n) is 2.93. The number of hydrogen-bond donors (Lipinski definition) is 1. The van der Waals surface area contributed by atoms with Gasteiger partial charge < -0.3 is 15.1 Å². The van der Waals surface area contributed by atoms with Crippen LogP contribution in [0.2, 0.25) is 10.0 Å². The van der Waals surface area contributed by atoms with Gasteiger partial charge in [0.05, 0.1) is 5.75 Å². The van der Waals surface area contributed by atoms with Crippen molar-refractivity contribution in [3.63, 3.8) is 0 Å². The minimum Gasteiger partial charge on any atom is -0.369 e. The summed E-state index contributed by atoms with van der Waals surface area (Å²) < 4.78 is 0. The second-order valence-corrected chi connectivity index (χ2v) is 8.38. The SMILES string of the molecule is CN1CCN(c2ccc(NC(=O)CSCc3c(Cl)cccc3Cl)cc2)CC1. The average molecular weight is 424 g/mol. The molecule has 0 radical (unpaired) electrons. The maximum atomic E-state index is 12.2. The number of anilines is 2. The number of likely N-dealkylation sites (N-methyl/N-ethyl adjacent to an activating group) is 1. The molecule has 0 saturated carbocycles. The van der Waals surface area contributed by atoms with E-state index in [0.29, 0.717) is 21.6 Å². The quantitative estimate of drug-likeness (QED) is 0.734. The van der Waals surface area contributed by atoms with Crippen molar-refractivity contribution in [1.82, 2.24) is 4.90 Å². The van der Waals surface area contributed by atoms with E-state index in [4.69, 9.17) is 23.2 Å². The predicted molar refractivity (Wildman–Crippen MR) is 117 cm³/mol. The molecule has 1 N–H and O–H groups in total. The van der Waals surface area contributed by atoms with Crippen LogP contribution in [-0.4, -0.2) is 49.8 Å². The molecule has 1 amide bonds. The van der Waals surface area contributed by atoms with Gasteiger partial charge in [0.25, 0.3) is 0 Å². The number of halogens is 2. The largest absolute Gasteiger partial charge is 0.369 e. The van der Waals surface area contributed by atoms with Crippen molar-refractivity contribution in [2.45, 2.75) is 5.75 Å². The van der Waals surface area contributed by atoms with Gasteiger partial charge >= 0.3 is 0 Å². The molecule has 0 spiro atoms. The summed E-state index contributed by atoms with van der Waals surface area (Å²) in [5.74, 6) is 0.922. The van der Waals surface area contributed by atoms with Crippen molar-refractivity contribution in [1.29, 1.82) is 0 Å². The van der Waals surface area contributed by atoms with Gasteiger partial charge in [-0.15, -0.1) is 11.8 Å². The van der Waals surface area contributed by atoms with Crippen molar-refractivity contribution < 1.29 is 4.79 Å². The Hall–Kier alpha value is -1.40. The Morgan fingerprint density at radius 2 is 1.67 bits per heavy atom. The summed E-state index contributed by atoms with van der Waals surface area (Å²) in [7, 11) is 2.15. The van der Waals surface area contributed by atoms with Gasteiger partial charge in [0, 0.05) is 53.4 Å². The predicted octanol–water partition coefficient (Wildman–Crippen LogP) is 4.62. The first-order valence-corrected chi connectivity index (χ1v) is 10.8. The van der Waals surface area contributed by atoms with Gasteiger partial charge in [-0.05, 0) is 49.0 Å². The van der Waals surface area contributed by atoms with E-state index in [9.17, 15) is 4.79 Å². The van der Waals surface area contributed by atoms with Gasteiger partial charge in [-0.2, -0.15) is 0 Å². The number of thioether (sulfide) groups is 1. The van der Waals surface area contributed by atoms with Crippen LogP contribution in [0.5, 0.6) is 0 Å². The third kappa shape index (κ3) is 5.79. The molecule has 27 heavy (non-hydrogen) atoms. The van der Waals surface area contributed by atoms with Crippen molar-refractivity contribution in [3.05, 3.63) is 58.1 Å². The summed E-state index contributed by atoms with van der Waals surface area (Å²) in [4.78, 5) is 16.9. The number of carbonyl (C=O) groups is 1. The summed E-state index contributed by atoms with van der Waals surface area (Å²) in [6.45, 7) is 4.21. The molecular formula is C20H23Cl2N3OS. The lowest BCUT2D eigenvalue weighted by atomic mass is 10.2. The Morgan fingerprint density at radius 3 is 2.30 bits per heavy atom. The summed E-state index contributed by atoms with van der Waals surface area (Å²) in [5.41, 5.74) is 2.88. The van der Waals surface area contributed by atoms with E-state index in [1.165, 1.54) is 17.4 Å². The van der Waals surface area contributed by atoms with Crippen LogP contribution in [0.1, 0.15) is 5.56 Å². The molecule has 0 aliphatic carbocycles. The van der Waals surface area contributed by atoms with Crippen molar-refractivity contribution >= 4 is 52.2 Å². The van der Waals surface area contributed by atoms with Crippen LogP contribution in [0.25, 0.3) is 0 Å². The highest BCUT2D eigenvalue weighted by Crippen LogP contribution is 2.28. The third-order valence-corrected chi connectivity index (χ3v) is 6.23. The summed E-state index contributed by atoms with van der Waals surface area (Å²) >= 11 is 13.8. The standard InChI is InChI=1S/C20H23Cl2N3OS/c1-24-9-11-25(12-10-24)16-7-5-15(6-8-16)23-20(26)14-27-13-17-18(21)3-2-4-19(17)22/h2-8H,9-14H2,1H3,(H,23,26). The normalized spacial score (nSPS) is 15.0. The molecule has 1 saturated heterocycles. The minimum atomic E-state index is -0.0319. The smallest absolute Gasteiger partial charge is 0.234 e. The lowest BCUT2D eigenvalue weighted by Crippen LogP contribution is -2.44. The van der Waals surface area contributed by atoms with Gasteiger partial charge in [-0.1, -0.05) is 29.3 Å². The number of carbonyl (C=O) groups excluding carboxylic acids is 1. The van der Waals surface area contributed by atoms with Crippen LogP contribution in [0.4, 0.5) is 11.4 Å². The molecule has 2 aromatic rings. The van der Waals surface area contributed by atoms with E-state index >= 15 is 0 Å². The van der Waals surface area contributed by atoms with Gasteiger partial charge in [-0.25, -0.2) is 0 Å². The summed E-state index contributed by atoms with van der Waals surface area (Å²) in [6, 6.07) is 13.5. The molecule has 0 aromatic heterocycles. The highest BCUT2D eigenvalue weighted by molar-refractivity contribution is 7.99. The fraction of sp³-hybridized carbons (Fsp3) is 0.350. The van der Waals surface area contributed by atoms with E-state index in [2.05, 4.69) is 34.3 Å². The highest BCUT2D eigenvalue weighted by atomic mass is 35.5. The zero-order chi connectivity index (χ0) is 19.2. The third-order valence-electron chi connectivity index (χ3n) is 4.56. The Labute approximate surface area is 174 Å². The van der Waals surface area contributed by atoms with E-state index in [1.807, 2.05) is 30.3 Å². The van der Waals surface area contributed by atoms with Crippen LogP contribution < -0.4 is 10.2 Å². The first-order chi connectivity index (χ1) is 13.0. The zero-order valence-electron chi connectivity index (χ0n) is 15.3. The molecule has 1 heterocycles. The van der Waals surface area contributed by atoms with Crippen molar-refractivity contribution in [2.75, 3.05) is 49.2 Å². The van der Waals surface area contributed by atoms with Crippen LogP contribution in [0, 0.1) is 0 Å². The summed E-state index contributed by atoms with van der Waals surface area (Å²) in [6.07, 6.45) is 0. The molecule has 3 rings (SSSR count). The highest BCUT2D eigenvalue weighted by Gasteiger charge is 2.14. The number of piperazine rings is 1. The van der Waals surface area contributed by atoms with E-state index in [1.54, 1.807) is 0 Å². The van der Waals surface area contributed by atoms with Crippen LogP contribution >= 0.6 is 35.0 Å². The molecular weight excluding hydrogens is 401 g/mol. The average Bonchev–Trinajstić information content (AvgIpc) is 2.65. The monoisotopic (exact) mass is 423 g/mol. The maximum absolute atomic E-state index is 12.2. The molecule has 2 aromatic carbocycles. The molecule has 1 aliphatic rings. The van der Waals surface area contributed by atoms with Crippen LogP contribution in [0.3, 0.4) is 0 Å². The van der Waals surface area contributed by atoms with Crippen LogP contribution in [-0.2, 0) is 10.5 Å². The number of nitrogens with zero attached hydrogens (tertiary/aromatic N) is 2. The molecule has 1 fully saturated rings. The first kappa shape index (κ1) is 20.3. The number of benzene rings is 2. The fourth-order valence-corrected chi connectivity index (χ4v) is 4.50. The molecule has 7 heteroatoms. The van der Waals surface area contributed by atoms with Gasteiger partial charge in [0.1, 0.15) is 0 Å². The topological polar surface area (TPSA) is 35.6 Å². The zero-order valence-corrected chi connectivity index (χ0v) is 17.6. The van der Waals surface area contributed by atoms with Gasteiger partial charge in [-0.3, -0.25) is 4.79 Å². The van der Waals surface area contributed by atoms with Crippen molar-refractivity contribution in [2.24, 2.45) is 0 Å².